The molecule has 11 heteroatoms. The zero-order valence-electron chi connectivity index (χ0n) is 16.1. The van der Waals surface area contributed by atoms with Crippen LogP contribution in [0.2, 0.25) is 0 Å². The largest absolute Gasteiger partial charge is 0.481 e. The first-order chi connectivity index (χ1) is 15.1. The van der Waals surface area contributed by atoms with E-state index < -0.39 is 12.6 Å². The molecule has 0 fully saturated rings. The minimum atomic E-state index is -1.07. The number of nitrogens with zero attached hydrogens (tertiary/aromatic N) is 3. The van der Waals surface area contributed by atoms with Crippen molar-refractivity contribution in [2.45, 2.75) is 14.4 Å². The lowest BCUT2D eigenvalue weighted by Gasteiger charge is -2.06. The molecule has 2 aromatic carbocycles. The van der Waals surface area contributed by atoms with Crippen molar-refractivity contribution in [1.29, 1.82) is 0 Å². The molecular formula is C20H18N4O4S3. The molecule has 160 valence electrons. The summed E-state index contributed by atoms with van der Waals surface area (Å²) in [5.74, 6) is -0.0413. The number of hydrazone groups is 1. The lowest BCUT2D eigenvalue weighted by atomic mass is 10.2. The minimum Gasteiger partial charge on any atom is -0.481 e. The lowest BCUT2D eigenvalue weighted by molar-refractivity contribution is -0.139. The summed E-state index contributed by atoms with van der Waals surface area (Å²) in [6.45, 7) is -0.457. The molecule has 0 atom stereocenters. The van der Waals surface area contributed by atoms with Crippen LogP contribution in [0.1, 0.15) is 11.1 Å². The average molecular weight is 475 g/mol. The van der Waals surface area contributed by atoms with E-state index in [0.29, 0.717) is 15.7 Å². The first-order valence-electron chi connectivity index (χ1n) is 8.98. The van der Waals surface area contributed by atoms with E-state index >= 15 is 0 Å². The van der Waals surface area contributed by atoms with Gasteiger partial charge in [-0.15, -0.1) is 10.2 Å². The number of nitrogens with one attached hydrogen (secondary N) is 1. The first kappa shape index (κ1) is 22.8. The van der Waals surface area contributed by atoms with Gasteiger partial charge in [0.15, 0.2) is 15.3 Å². The van der Waals surface area contributed by atoms with Crippen LogP contribution in [0, 0.1) is 0 Å². The van der Waals surface area contributed by atoms with Gasteiger partial charge in [0.05, 0.1) is 12.0 Å². The molecule has 0 radical (unpaired) electrons. The molecule has 0 aliphatic carbocycles. The SMILES string of the molecule is O=C(O)COc1ccccc1/C=N\NC(=O)CSc1nnc(SCc2ccccc2)s1. The van der Waals surface area contributed by atoms with Gasteiger partial charge >= 0.3 is 5.97 Å². The number of hydrogen-bond donors (Lipinski definition) is 2. The van der Waals surface area contributed by atoms with Crippen molar-refractivity contribution >= 4 is 53.0 Å². The normalized spacial score (nSPS) is 10.8. The van der Waals surface area contributed by atoms with E-state index in [9.17, 15) is 9.59 Å². The molecule has 0 bridgehead atoms. The topological polar surface area (TPSA) is 114 Å². The summed E-state index contributed by atoms with van der Waals surface area (Å²) in [5.41, 5.74) is 4.20. The van der Waals surface area contributed by atoms with Crippen LogP contribution in [0.25, 0.3) is 0 Å². The number of para-hydroxylation sites is 1. The highest BCUT2D eigenvalue weighted by Crippen LogP contribution is 2.30. The van der Waals surface area contributed by atoms with E-state index in [1.165, 1.54) is 34.9 Å². The smallest absolute Gasteiger partial charge is 0.341 e. The highest BCUT2D eigenvalue weighted by atomic mass is 32.2. The van der Waals surface area contributed by atoms with E-state index in [0.717, 1.165) is 10.1 Å². The zero-order chi connectivity index (χ0) is 21.9. The van der Waals surface area contributed by atoms with Crippen LogP contribution < -0.4 is 10.2 Å². The first-order valence-corrected chi connectivity index (χ1v) is 11.8. The monoisotopic (exact) mass is 474 g/mol. The number of ether oxygens (including phenoxy) is 1. The molecule has 3 aromatic rings. The third-order valence-corrected chi connectivity index (χ3v) is 6.84. The van der Waals surface area contributed by atoms with Gasteiger partial charge in [-0.05, 0) is 17.7 Å². The maximum Gasteiger partial charge on any atom is 0.341 e. The highest BCUT2D eigenvalue weighted by molar-refractivity contribution is 8.03. The van der Waals surface area contributed by atoms with E-state index in [-0.39, 0.29) is 11.7 Å². The number of amides is 1. The lowest BCUT2D eigenvalue weighted by Crippen LogP contribution is -2.19. The Labute approximate surface area is 191 Å². The van der Waals surface area contributed by atoms with Gasteiger partial charge in [0.1, 0.15) is 5.75 Å². The second kappa shape index (κ2) is 12.1. The van der Waals surface area contributed by atoms with Crippen LogP contribution in [0.4, 0.5) is 0 Å². The van der Waals surface area contributed by atoms with Crippen LogP contribution >= 0.6 is 34.9 Å². The number of aliphatic carboxylic acids is 1. The predicted molar refractivity (Wildman–Crippen MR) is 122 cm³/mol. The minimum absolute atomic E-state index is 0.145. The number of carbonyl (C=O) groups excluding carboxylic acids is 1. The van der Waals surface area contributed by atoms with Crippen molar-refractivity contribution in [3.05, 3.63) is 65.7 Å². The Morgan fingerprint density at radius 2 is 1.77 bits per heavy atom. The average Bonchev–Trinajstić information content (AvgIpc) is 3.24. The van der Waals surface area contributed by atoms with Crippen molar-refractivity contribution in [2.24, 2.45) is 5.10 Å². The Balaban J connectivity index is 1.43. The van der Waals surface area contributed by atoms with Gasteiger partial charge in [0, 0.05) is 11.3 Å². The van der Waals surface area contributed by atoms with Crippen LogP contribution in [-0.2, 0) is 15.3 Å². The van der Waals surface area contributed by atoms with Gasteiger partial charge in [-0.1, -0.05) is 77.3 Å². The number of carbonyl (C=O) groups is 2. The molecule has 31 heavy (non-hydrogen) atoms. The van der Waals surface area contributed by atoms with Gasteiger partial charge < -0.3 is 9.84 Å². The molecule has 0 spiro atoms. The fraction of sp³-hybridized carbons (Fsp3) is 0.150. The summed E-state index contributed by atoms with van der Waals surface area (Å²) < 4.78 is 6.75. The Kier molecular flexibility index (Phi) is 8.88. The number of carboxylic acids is 1. The van der Waals surface area contributed by atoms with E-state index in [4.69, 9.17) is 9.84 Å². The van der Waals surface area contributed by atoms with Crippen LogP contribution in [0.3, 0.4) is 0 Å². The van der Waals surface area contributed by atoms with Gasteiger partial charge in [0.2, 0.25) is 0 Å². The summed E-state index contributed by atoms with van der Waals surface area (Å²) >= 11 is 4.34. The third-order valence-electron chi connectivity index (χ3n) is 3.58. The van der Waals surface area contributed by atoms with Crippen LogP contribution in [0.15, 0.2) is 68.4 Å². The summed E-state index contributed by atoms with van der Waals surface area (Å²) in [4.78, 5) is 22.7. The van der Waals surface area contributed by atoms with Gasteiger partial charge in [-0.25, -0.2) is 10.2 Å². The Hall–Kier alpha value is -2.89. The highest BCUT2D eigenvalue weighted by Gasteiger charge is 2.09. The van der Waals surface area contributed by atoms with Gasteiger partial charge in [-0.2, -0.15) is 5.10 Å². The Bertz CT molecular complexity index is 1040. The van der Waals surface area contributed by atoms with Crippen molar-refractivity contribution in [3.8, 4) is 5.75 Å². The molecule has 1 amide bonds. The molecule has 0 aliphatic heterocycles. The standard InChI is InChI=1S/C20H18N4O4S3/c25-17(22-21-10-15-8-4-5-9-16(15)28-11-18(26)27)13-30-20-24-23-19(31-20)29-12-14-6-2-1-3-7-14/h1-10H,11-13H2,(H,22,25)(H,26,27)/b21-10-. The summed E-state index contributed by atoms with van der Waals surface area (Å²) in [6, 6.07) is 16.9. The summed E-state index contributed by atoms with van der Waals surface area (Å²) in [5, 5.41) is 20.9. The fourth-order valence-electron chi connectivity index (χ4n) is 2.22. The quantitative estimate of drug-likeness (QED) is 0.246. The number of carboxylic acid groups (broad SMARTS) is 1. The maximum atomic E-state index is 12.0. The van der Waals surface area contributed by atoms with Crippen LogP contribution in [-0.4, -0.2) is 45.8 Å². The van der Waals surface area contributed by atoms with Crippen molar-refractivity contribution in [2.75, 3.05) is 12.4 Å². The number of hydrogen-bond acceptors (Lipinski definition) is 9. The number of rotatable bonds is 11. The molecule has 0 saturated heterocycles. The zero-order valence-corrected chi connectivity index (χ0v) is 18.6. The molecular weight excluding hydrogens is 456 g/mol. The molecule has 0 aliphatic rings. The molecule has 0 saturated carbocycles. The molecule has 1 heterocycles. The number of aromatic nitrogens is 2. The molecule has 0 unspecified atom stereocenters. The number of thioether (sulfide) groups is 2. The maximum absolute atomic E-state index is 12.0. The summed E-state index contributed by atoms with van der Waals surface area (Å²) in [7, 11) is 0. The second-order valence-electron chi connectivity index (χ2n) is 5.91. The molecule has 2 N–H and O–H groups in total. The summed E-state index contributed by atoms with van der Waals surface area (Å²) in [6.07, 6.45) is 1.41. The third kappa shape index (κ3) is 8.04. The Morgan fingerprint density at radius 1 is 1.06 bits per heavy atom. The van der Waals surface area contributed by atoms with Crippen molar-refractivity contribution < 1.29 is 19.4 Å². The Morgan fingerprint density at radius 3 is 2.55 bits per heavy atom. The van der Waals surface area contributed by atoms with Crippen molar-refractivity contribution in [1.82, 2.24) is 15.6 Å². The second-order valence-corrected chi connectivity index (χ2v) is 9.33. The predicted octanol–water partition coefficient (Wildman–Crippen LogP) is 3.54. The van der Waals surface area contributed by atoms with E-state index in [1.807, 2.05) is 18.2 Å². The van der Waals surface area contributed by atoms with E-state index in [2.05, 4.69) is 32.9 Å². The molecule has 8 nitrogen and oxygen atoms in total. The van der Waals surface area contributed by atoms with Crippen LogP contribution in [0.5, 0.6) is 5.75 Å². The van der Waals surface area contributed by atoms with Crippen molar-refractivity contribution in [3.63, 3.8) is 0 Å². The number of benzene rings is 2. The molecule has 1 aromatic heterocycles. The van der Waals surface area contributed by atoms with Gasteiger partial charge in [-0.3, -0.25) is 4.79 Å². The fourth-order valence-corrected chi connectivity index (χ4v) is 4.99. The molecule has 3 rings (SSSR count). The van der Waals surface area contributed by atoms with Gasteiger partial charge in [0.25, 0.3) is 5.91 Å². The van der Waals surface area contributed by atoms with E-state index in [1.54, 1.807) is 36.0 Å².